The summed E-state index contributed by atoms with van der Waals surface area (Å²) >= 11 is 5.94. The van der Waals surface area contributed by atoms with Crippen molar-refractivity contribution in [2.45, 2.75) is 0 Å². The second-order valence-corrected chi connectivity index (χ2v) is 4.89. The summed E-state index contributed by atoms with van der Waals surface area (Å²) in [5.41, 5.74) is 3.37. The third-order valence-electron chi connectivity index (χ3n) is 3.31. The third kappa shape index (κ3) is 1.67. The molecule has 2 aromatic carbocycles. The minimum Gasteiger partial charge on any atom is -0.455 e. The molecule has 0 atom stereocenters. The van der Waals surface area contributed by atoms with E-state index >= 15 is 0 Å². The van der Waals surface area contributed by atoms with E-state index in [2.05, 4.69) is 16.0 Å². The number of nitrogens with zero attached hydrogens (tertiary/aromatic N) is 2. The van der Waals surface area contributed by atoms with Crippen LogP contribution in [0.4, 0.5) is 0 Å². The van der Waals surface area contributed by atoms with Crippen LogP contribution in [0.15, 0.2) is 59.3 Å². The lowest BCUT2D eigenvalue weighted by atomic mass is 10.1. The zero-order chi connectivity index (χ0) is 13.5. The van der Waals surface area contributed by atoms with Crippen LogP contribution in [0.2, 0.25) is 5.15 Å². The van der Waals surface area contributed by atoms with Gasteiger partial charge in [0.2, 0.25) is 0 Å². The van der Waals surface area contributed by atoms with Crippen molar-refractivity contribution in [2.24, 2.45) is 0 Å². The molecule has 4 heteroatoms. The third-order valence-corrected chi connectivity index (χ3v) is 3.52. The van der Waals surface area contributed by atoms with Crippen molar-refractivity contribution < 1.29 is 4.42 Å². The highest BCUT2D eigenvalue weighted by Gasteiger charge is 2.12. The van der Waals surface area contributed by atoms with Crippen LogP contribution in [0.5, 0.6) is 0 Å². The second kappa shape index (κ2) is 4.32. The summed E-state index contributed by atoms with van der Waals surface area (Å²) in [6, 6.07) is 15.7. The normalized spacial score (nSPS) is 11.2. The average Bonchev–Trinajstić information content (AvgIpc) is 2.86. The van der Waals surface area contributed by atoms with Gasteiger partial charge in [-0.25, -0.2) is 9.97 Å². The highest BCUT2D eigenvalue weighted by molar-refractivity contribution is 6.29. The number of hydrogen-bond acceptors (Lipinski definition) is 3. The molecule has 0 saturated carbocycles. The minimum absolute atomic E-state index is 0.420. The van der Waals surface area contributed by atoms with Crippen molar-refractivity contribution in [3.8, 4) is 11.3 Å². The molecule has 0 unspecified atom stereocenters. The van der Waals surface area contributed by atoms with E-state index < -0.39 is 0 Å². The van der Waals surface area contributed by atoms with E-state index in [1.807, 2.05) is 36.4 Å². The number of para-hydroxylation sites is 2. The number of hydrogen-bond donors (Lipinski definition) is 0. The van der Waals surface area contributed by atoms with Crippen LogP contribution < -0.4 is 0 Å². The fourth-order valence-electron chi connectivity index (χ4n) is 2.43. The zero-order valence-corrected chi connectivity index (χ0v) is 11.1. The molecule has 0 aliphatic rings. The van der Waals surface area contributed by atoms with Gasteiger partial charge in [0.1, 0.15) is 22.6 Å². The number of aromatic nitrogens is 2. The summed E-state index contributed by atoms with van der Waals surface area (Å²) in [6.45, 7) is 0. The smallest absolute Gasteiger partial charge is 0.144 e. The maximum atomic E-state index is 5.97. The molecule has 20 heavy (non-hydrogen) atoms. The highest BCUT2D eigenvalue weighted by Crippen LogP contribution is 2.34. The molecule has 0 saturated heterocycles. The number of rotatable bonds is 1. The Morgan fingerprint density at radius 2 is 1.75 bits per heavy atom. The van der Waals surface area contributed by atoms with Gasteiger partial charge in [-0.3, -0.25) is 0 Å². The Balaban J connectivity index is 2.10. The van der Waals surface area contributed by atoms with Crippen molar-refractivity contribution in [3.63, 3.8) is 0 Å². The summed E-state index contributed by atoms with van der Waals surface area (Å²) in [7, 11) is 0. The minimum atomic E-state index is 0.420. The quantitative estimate of drug-likeness (QED) is 0.475. The number of halogens is 1. The molecule has 96 valence electrons. The van der Waals surface area contributed by atoms with E-state index in [0.29, 0.717) is 5.15 Å². The zero-order valence-electron chi connectivity index (χ0n) is 10.4. The van der Waals surface area contributed by atoms with Crippen molar-refractivity contribution in [3.05, 3.63) is 60.0 Å². The Labute approximate surface area is 119 Å². The SMILES string of the molecule is Clc1cc(-c2cccc3c2oc2ccccc23)ncn1. The van der Waals surface area contributed by atoms with Gasteiger partial charge in [-0.2, -0.15) is 0 Å². The van der Waals surface area contributed by atoms with E-state index in [1.165, 1.54) is 6.33 Å². The number of furan rings is 1. The van der Waals surface area contributed by atoms with Crippen molar-refractivity contribution >= 4 is 33.5 Å². The average molecular weight is 281 g/mol. The van der Waals surface area contributed by atoms with Crippen LogP contribution in [-0.2, 0) is 0 Å². The molecule has 3 nitrogen and oxygen atoms in total. The summed E-state index contributed by atoms with van der Waals surface area (Å²) in [4.78, 5) is 8.19. The second-order valence-electron chi connectivity index (χ2n) is 4.51. The van der Waals surface area contributed by atoms with Crippen molar-refractivity contribution in [1.82, 2.24) is 9.97 Å². The Hall–Kier alpha value is -2.39. The molecule has 0 fully saturated rings. The molecule has 2 aromatic heterocycles. The van der Waals surface area contributed by atoms with Crippen molar-refractivity contribution in [1.29, 1.82) is 0 Å². The molecule has 0 aliphatic carbocycles. The van der Waals surface area contributed by atoms with Gasteiger partial charge in [0, 0.05) is 22.4 Å². The predicted molar refractivity (Wildman–Crippen MR) is 79.8 cm³/mol. The first-order valence-electron chi connectivity index (χ1n) is 6.21. The summed E-state index contributed by atoms with van der Waals surface area (Å²) in [5.74, 6) is 0. The maximum absolute atomic E-state index is 5.97. The van der Waals surface area contributed by atoms with Gasteiger partial charge in [0.15, 0.2) is 0 Å². The molecule has 4 rings (SSSR count). The van der Waals surface area contributed by atoms with Gasteiger partial charge >= 0.3 is 0 Å². The van der Waals surface area contributed by atoms with Crippen LogP contribution in [0.1, 0.15) is 0 Å². The van der Waals surface area contributed by atoms with E-state index in [9.17, 15) is 0 Å². The first-order chi connectivity index (χ1) is 9.83. The lowest BCUT2D eigenvalue weighted by Crippen LogP contribution is -1.85. The van der Waals surface area contributed by atoms with Gasteiger partial charge < -0.3 is 4.42 Å². The summed E-state index contributed by atoms with van der Waals surface area (Å²) in [6.07, 6.45) is 1.46. The lowest BCUT2D eigenvalue weighted by Gasteiger charge is -2.01. The van der Waals surface area contributed by atoms with E-state index in [4.69, 9.17) is 16.0 Å². The van der Waals surface area contributed by atoms with Gasteiger partial charge in [-0.05, 0) is 12.1 Å². The Morgan fingerprint density at radius 1 is 0.900 bits per heavy atom. The molecule has 4 aromatic rings. The monoisotopic (exact) mass is 280 g/mol. The molecule has 0 amide bonds. The van der Waals surface area contributed by atoms with Gasteiger partial charge in [-0.1, -0.05) is 41.9 Å². The number of benzene rings is 2. The van der Waals surface area contributed by atoms with Crippen LogP contribution in [-0.4, -0.2) is 9.97 Å². The largest absolute Gasteiger partial charge is 0.455 e. The number of fused-ring (bicyclic) bond motifs is 3. The van der Waals surface area contributed by atoms with Crippen LogP contribution in [0.25, 0.3) is 33.2 Å². The summed E-state index contributed by atoms with van der Waals surface area (Å²) in [5, 5.41) is 2.60. The maximum Gasteiger partial charge on any atom is 0.144 e. The fourth-order valence-corrected chi connectivity index (χ4v) is 2.58. The van der Waals surface area contributed by atoms with Crippen LogP contribution in [0.3, 0.4) is 0 Å². The fraction of sp³-hybridized carbons (Fsp3) is 0. The Kier molecular flexibility index (Phi) is 2.47. The molecule has 0 N–H and O–H groups in total. The molecule has 0 spiro atoms. The van der Waals surface area contributed by atoms with Gasteiger partial charge in [0.05, 0.1) is 5.69 Å². The van der Waals surface area contributed by atoms with Crippen molar-refractivity contribution in [2.75, 3.05) is 0 Å². The van der Waals surface area contributed by atoms with E-state index in [-0.39, 0.29) is 0 Å². The van der Waals surface area contributed by atoms with E-state index in [1.54, 1.807) is 6.07 Å². The molecule has 2 heterocycles. The van der Waals surface area contributed by atoms with Gasteiger partial charge in [-0.15, -0.1) is 0 Å². The van der Waals surface area contributed by atoms with Gasteiger partial charge in [0.25, 0.3) is 0 Å². The topological polar surface area (TPSA) is 38.9 Å². The lowest BCUT2D eigenvalue weighted by molar-refractivity contribution is 0.670. The Bertz CT molecular complexity index is 930. The standard InChI is InChI=1S/C16H9ClN2O/c17-15-8-13(18-9-19-15)12-6-3-5-11-10-4-1-2-7-14(10)20-16(11)12/h1-9H. The first-order valence-corrected chi connectivity index (χ1v) is 6.59. The molecule has 0 aliphatic heterocycles. The Morgan fingerprint density at radius 3 is 2.65 bits per heavy atom. The summed E-state index contributed by atoms with van der Waals surface area (Å²) < 4.78 is 5.97. The van der Waals surface area contributed by atoms with E-state index in [0.717, 1.165) is 33.2 Å². The van der Waals surface area contributed by atoms with Crippen LogP contribution in [0, 0.1) is 0 Å². The molecular formula is C16H9ClN2O. The van der Waals surface area contributed by atoms with Crippen LogP contribution >= 0.6 is 11.6 Å². The predicted octanol–water partition coefficient (Wildman–Crippen LogP) is 4.70. The molecular weight excluding hydrogens is 272 g/mol. The molecule has 0 bridgehead atoms. The molecule has 0 radical (unpaired) electrons. The first kappa shape index (κ1) is 11.4. The highest BCUT2D eigenvalue weighted by atomic mass is 35.5.